The van der Waals surface area contributed by atoms with Crippen LogP contribution in [0.5, 0.6) is 5.75 Å². The number of likely N-dealkylation sites (tertiary alicyclic amines) is 1. The van der Waals surface area contributed by atoms with Crippen LogP contribution in [0.3, 0.4) is 0 Å². The fraction of sp³-hybridized carbons (Fsp3) is 0.280. The predicted octanol–water partition coefficient (Wildman–Crippen LogP) is 3.99. The highest BCUT2D eigenvalue weighted by Gasteiger charge is 2.47. The minimum Gasteiger partial charge on any atom is -0.507 e. The van der Waals surface area contributed by atoms with E-state index in [1.165, 1.54) is 29.2 Å². The molecule has 2 heterocycles. The average Bonchev–Trinajstić information content (AvgIpc) is 3.41. The molecule has 6 nitrogen and oxygen atoms in total. The third kappa shape index (κ3) is 4.29. The Bertz CT molecular complexity index is 1040. The molecule has 32 heavy (non-hydrogen) atoms. The van der Waals surface area contributed by atoms with Crippen LogP contribution in [0.4, 0.5) is 4.39 Å². The molecule has 2 atom stereocenters. The topological polar surface area (TPSA) is 76.1 Å². The number of ketones is 1. The van der Waals surface area contributed by atoms with Crippen molar-refractivity contribution in [3.8, 4) is 5.75 Å². The molecule has 2 saturated heterocycles. The van der Waals surface area contributed by atoms with E-state index in [0.29, 0.717) is 30.1 Å². The maximum atomic E-state index is 13.6. The summed E-state index contributed by atoms with van der Waals surface area (Å²) < 4.78 is 24.7. The third-order valence-corrected chi connectivity index (χ3v) is 5.65. The molecule has 1 amide bonds. The molecule has 166 valence electrons. The largest absolute Gasteiger partial charge is 0.507 e. The lowest BCUT2D eigenvalue weighted by molar-refractivity contribution is -0.140. The normalized spacial score (nSPS) is 22.3. The molecule has 0 bridgehead atoms. The van der Waals surface area contributed by atoms with Gasteiger partial charge in [0.2, 0.25) is 0 Å². The van der Waals surface area contributed by atoms with Gasteiger partial charge in [0, 0.05) is 18.7 Å². The Balaban J connectivity index is 1.74. The second-order valence-corrected chi connectivity index (χ2v) is 7.76. The summed E-state index contributed by atoms with van der Waals surface area (Å²) in [5, 5.41) is 11.1. The number of benzene rings is 2. The van der Waals surface area contributed by atoms with Crippen LogP contribution in [0.1, 0.15) is 30.0 Å². The van der Waals surface area contributed by atoms with Crippen molar-refractivity contribution in [2.75, 3.05) is 19.8 Å². The number of nitrogens with zero attached hydrogens (tertiary/aromatic N) is 1. The monoisotopic (exact) mass is 437 g/mol. The van der Waals surface area contributed by atoms with Crippen molar-refractivity contribution in [1.82, 2.24) is 4.90 Å². The summed E-state index contributed by atoms with van der Waals surface area (Å²) in [4.78, 5) is 27.4. The molecule has 0 saturated carbocycles. The zero-order chi connectivity index (χ0) is 22.7. The Morgan fingerprint density at radius 2 is 1.91 bits per heavy atom. The molecule has 4 rings (SSSR count). The highest BCUT2D eigenvalue weighted by molar-refractivity contribution is 6.46. The summed E-state index contributed by atoms with van der Waals surface area (Å²) in [5.74, 6) is -1.62. The molecule has 2 fully saturated rings. The van der Waals surface area contributed by atoms with Crippen LogP contribution in [-0.4, -0.2) is 47.6 Å². The van der Waals surface area contributed by atoms with E-state index in [1.807, 2.05) is 0 Å². The van der Waals surface area contributed by atoms with Gasteiger partial charge in [0.25, 0.3) is 11.7 Å². The van der Waals surface area contributed by atoms with Crippen LogP contribution < -0.4 is 4.74 Å². The van der Waals surface area contributed by atoms with Gasteiger partial charge < -0.3 is 19.5 Å². The van der Waals surface area contributed by atoms with E-state index in [1.54, 1.807) is 30.3 Å². The fourth-order valence-corrected chi connectivity index (χ4v) is 4.09. The summed E-state index contributed by atoms with van der Waals surface area (Å²) in [6.45, 7) is 4.76. The zero-order valence-corrected chi connectivity index (χ0v) is 17.5. The van der Waals surface area contributed by atoms with Gasteiger partial charge in [-0.15, -0.1) is 0 Å². The van der Waals surface area contributed by atoms with E-state index in [-0.39, 0.29) is 24.0 Å². The fourth-order valence-electron chi connectivity index (χ4n) is 4.09. The van der Waals surface area contributed by atoms with Crippen LogP contribution in [0.15, 0.2) is 66.8 Å². The third-order valence-electron chi connectivity index (χ3n) is 5.65. The second-order valence-electron chi connectivity index (χ2n) is 7.76. The Kier molecular flexibility index (Phi) is 6.37. The Morgan fingerprint density at radius 1 is 1.19 bits per heavy atom. The number of aliphatic hydroxyl groups is 1. The van der Waals surface area contributed by atoms with Gasteiger partial charge >= 0.3 is 0 Å². The first-order valence-corrected chi connectivity index (χ1v) is 10.5. The molecule has 0 radical (unpaired) electrons. The molecular formula is C25H24FNO5. The number of hydrogen-bond donors (Lipinski definition) is 1. The zero-order valence-electron chi connectivity index (χ0n) is 17.5. The van der Waals surface area contributed by atoms with Crippen molar-refractivity contribution in [2.24, 2.45) is 0 Å². The number of rotatable bonds is 7. The highest BCUT2D eigenvalue weighted by atomic mass is 19.1. The van der Waals surface area contributed by atoms with Crippen molar-refractivity contribution in [2.45, 2.75) is 25.0 Å². The number of ether oxygens (including phenoxy) is 2. The van der Waals surface area contributed by atoms with Gasteiger partial charge in [-0.2, -0.15) is 0 Å². The summed E-state index contributed by atoms with van der Waals surface area (Å²) in [6.07, 6.45) is 3.10. The average molecular weight is 437 g/mol. The minimum atomic E-state index is -0.837. The Labute approximate surface area is 185 Å². The summed E-state index contributed by atoms with van der Waals surface area (Å²) >= 11 is 0. The summed E-state index contributed by atoms with van der Waals surface area (Å²) in [7, 11) is 0. The maximum absolute atomic E-state index is 13.6. The molecule has 0 aromatic heterocycles. The van der Waals surface area contributed by atoms with Crippen LogP contribution in [-0.2, 0) is 14.3 Å². The lowest BCUT2D eigenvalue weighted by Gasteiger charge is -2.27. The van der Waals surface area contributed by atoms with E-state index < -0.39 is 23.5 Å². The lowest BCUT2D eigenvalue weighted by Crippen LogP contribution is -2.36. The van der Waals surface area contributed by atoms with Crippen molar-refractivity contribution in [3.63, 3.8) is 0 Å². The van der Waals surface area contributed by atoms with Gasteiger partial charge in [0.15, 0.2) is 0 Å². The SMILES string of the molecule is C=CCOc1ccc(/C(O)=C2/C(=O)C(=O)N(CC3CCCO3)C2c2ccc(F)cc2)cc1. The number of carbonyl (C=O) groups excluding carboxylic acids is 2. The van der Waals surface area contributed by atoms with Crippen molar-refractivity contribution in [3.05, 3.63) is 83.7 Å². The number of amides is 1. The van der Waals surface area contributed by atoms with Crippen molar-refractivity contribution < 1.29 is 28.6 Å². The lowest BCUT2D eigenvalue weighted by atomic mass is 9.95. The number of Topliss-reactive ketones (excluding diaryl/α,β-unsaturated/α-hetero) is 1. The van der Waals surface area contributed by atoms with E-state index in [4.69, 9.17) is 9.47 Å². The van der Waals surface area contributed by atoms with Crippen LogP contribution in [0.25, 0.3) is 5.76 Å². The Hall–Kier alpha value is -3.45. The minimum absolute atomic E-state index is 0.0284. The van der Waals surface area contributed by atoms with E-state index >= 15 is 0 Å². The van der Waals surface area contributed by atoms with E-state index in [0.717, 1.165) is 12.8 Å². The molecule has 1 N–H and O–H groups in total. The molecular weight excluding hydrogens is 413 g/mol. The van der Waals surface area contributed by atoms with Gasteiger partial charge in [0.05, 0.1) is 17.7 Å². The van der Waals surface area contributed by atoms with Crippen molar-refractivity contribution >= 4 is 17.4 Å². The van der Waals surface area contributed by atoms with E-state index in [9.17, 15) is 19.1 Å². The van der Waals surface area contributed by atoms with Crippen LogP contribution in [0.2, 0.25) is 0 Å². The molecule has 0 aliphatic carbocycles. The standard InChI is InChI=1S/C25H24FNO5/c1-2-13-31-19-11-7-17(8-12-19)23(28)21-22(16-5-9-18(26)10-6-16)27(25(30)24(21)29)15-20-4-3-14-32-20/h2,5-12,20,22,28H,1,3-4,13-15H2/b23-21-. The first-order valence-electron chi connectivity index (χ1n) is 10.5. The van der Waals surface area contributed by atoms with Gasteiger partial charge in [-0.1, -0.05) is 24.8 Å². The Morgan fingerprint density at radius 3 is 2.53 bits per heavy atom. The number of aliphatic hydroxyl groups excluding tert-OH is 1. The first-order chi connectivity index (χ1) is 15.5. The molecule has 2 aliphatic rings. The summed E-state index contributed by atoms with van der Waals surface area (Å²) in [6, 6.07) is 11.3. The summed E-state index contributed by atoms with van der Waals surface area (Å²) in [5.41, 5.74) is 0.883. The predicted molar refractivity (Wildman–Crippen MR) is 117 cm³/mol. The van der Waals surface area contributed by atoms with Crippen LogP contribution >= 0.6 is 0 Å². The molecule has 7 heteroatoms. The quantitative estimate of drug-likeness (QED) is 0.307. The van der Waals surface area contributed by atoms with Crippen LogP contribution in [0, 0.1) is 5.82 Å². The van der Waals surface area contributed by atoms with Gasteiger partial charge in [-0.3, -0.25) is 9.59 Å². The smallest absolute Gasteiger partial charge is 0.295 e. The molecule has 2 unspecified atom stereocenters. The maximum Gasteiger partial charge on any atom is 0.295 e. The second kappa shape index (κ2) is 9.36. The van der Waals surface area contributed by atoms with Crippen molar-refractivity contribution in [1.29, 1.82) is 0 Å². The molecule has 2 aromatic carbocycles. The first kappa shape index (κ1) is 21.8. The van der Waals surface area contributed by atoms with E-state index in [2.05, 4.69) is 6.58 Å². The molecule has 0 spiro atoms. The number of halogens is 1. The molecule has 2 aromatic rings. The van der Waals surface area contributed by atoms with Gasteiger partial charge in [0.1, 0.15) is 23.9 Å². The number of hydrogen-bond acceptors (Lipinski definition) is 5. The molecule has 2 aliphatic heterocycles. The van der Waals surface area contributed by atoms with Gasteiger partial charge in [-0.25, -0.2) is 4.39 Å². The highest BCUT2D eigenvalue weighted by Crippen LogP contribution is 2.40. The number of carbonyl (C=O) groups is 2. The van der Waals surface area contributed by atoms with Gasteiger partial charge in [-0.05, 0) is 54.8 Å².